The van der Waals surface area contributed by atoms with Crippen LogP contribution in [0.15, 0.2) is 59.7 Å². The number of nitrogens with zero attached hydrogens (tertiary/aromatic N) is 3. The third-order valence-electron chi connectivity index (χ3n) is 6.26. The summed E-state index contributed by atoms with van der Waals surface area (Å²) >= 11 is 0. The zero-order valence-corrected chi connectivity index (χ0v) is 19.3. The number of esters is 1. The van der Waals surface area contributed by atoms with Gasteiger partial charge in [-0.3, -0.25) is 14.5 Å². The fourth-order valence-electron chi connectivity index (χ4n) is 4.55. The number of carbonyl (C=O) groups is 2. The van der Waals surface area contributed by atoms with E-state index < -0.39 is 0 Å². The molecule has 2 aliphatic heterocycles. The van der Waals surface area contributed by atoms with Gasteiger partial charge in [0.1, 0.15) is 5.75 Å². The summed E-state index contributed by atoms with van der Waals surface area (Å²) in [6.07, 6.45) is 2.32. The number of hydrazone groups is 1. The third kappa shape index (κ3) is 5.42. The van der Waals surface area contributed by atoms with E-state index >= 15 is 0 Å². The molecule has 0 aromatic heterocycles. The second-order valence-corrected chi connectivity index (χ2v) is 8.47. The number of hydrogen-bond donors (Lipinski definition) is 0. The molecule has 2 aromatic carbocycles. The van der Waals surface area contributed by atoms with E-state index in [2.05, 4.69) is 4.90 Å². The van der Waals surface area contributed by atoms with Crippen molar-refractivity contribution in [3.05, 3.63) is 65.7 Å². The molecule has 33 heavy (non-hydrogen) atoms. The summed E-state index contributed by atoms with van der Waals surface area (Å²) in [6.45, 7) is 3.76. The Kier molecular flexibility index (Phi) is 7.40. The van der Waals surface area contributed by atoms with Crippen LogP contribution in [0.25, 0.3) is 0 Å². The number of benzene rings is 2. The molecule has 2 aromatic rings. The average Bonchev–Trinajstić information content (AvgIpc) is 3.31. The molecule has 174 valence electrons. The van der Waals surface area contributed by atoms with Crippen LogP contribution in [0.5, 0.6) is 5.75 Å². The molecular formula is C26H31N3O4. The van der Waals surface area contributed by atoms with Crippen LogP contribution in [0.4, 0.5) is 0 Å². The summed E-state index contributed by atoms with van der Waals surface area (Å²) in [4.78, 5) is 27.7. The zero-order valence-electron chi connectivity index (χ0n) is 19.3. The SMILES string of the molecule is CCOC(=O)C1CCCN(CC(=O)N2N=C(c3ccccc3)CC2c2ccc(OC)cc2)C1. The molecule has 0 radical (unpaired) electrons. The smallest absolute Gasteiger partial charge is 0.310 e. The number of likely N-dealkylation sites (tertiary alicyclic amines) is 1. The van der Waals surface area contributed by atoms with Crippen molar-refractivity contribution in [1.29, 1.82) is 0 Å². The Morgan fingerprint density at radius 3 is 2.55 bits per heavy atom. The molecule has 0 aliphatic carbocycles. The molecule has 7 heteroatoms. The van der Waals surface area contributed by atoms with Gasteiger partial charge in [-0.1, -0.05) is 42.5 Å². The first-order valence-electron chi connectivity index (χ1n) is 11.6. The van der Waals surface area contributed by atoms with Gasteiger partial charge in [-0.15, -0.1) is 0 Å². The molecule has 0 saturated carbocycles. The van der Waals surface area contributed by atoms with Crippen molar-refractivity contribution in [1.82, 2.24) is 9.91 Å². The summed E-state index contributed by atoms with van der Waals surface area (Å²) in [5, 5.41) is 6.38. The second-order valence-electron chi connectivity index (χ2n) is 8.47. The van der Waals surface area contributed by atoms with Gasteiger partial charge < -0.3 is 9.47 Å². The van der Waals surface area contributed by atoms with Crippen molar-refractivity contribution in [3.63, 3.8) is 0 Å². The Balaban J connectivity index is 1.52. The molecular weight excluding hydrogens is 418 g/mol. The fraction of sp³-hybridized carbons (Fsp3) is 0.423. The summed E-state index contributed by atoms with van der Waals surface area (Å²) in [5.41, 5.74) is 2.93. The molecule has 1 fully saturated rings. The summed E-state index contributed by atoms with van der Waals surface area (Å²) < 4.78 is 10.5. The van der Waals surface area contributed by atoms with Crippen molar-refractivity contribution < 1.29 is 19.1 Å². The van der Waals surface area contributed by atoms with Crippen molar-refractivity contribution >= 4 is 17.6 Å². The highest BCUT2D eigenvalue weighted by Crippen LogP contribution is 2.34. The molecule has 0 bridgehead atoms. The summed E-state index contributed by atoms with van der Waals surface area (Å²) in [7, 11) is 1.64. The average molecular weight is 450 g/mol. The maximum absolute atomic E-state index is 13.4. The largest absolute Gasteiger partial charge is 0.497 e. The van der Waals surface area contributed by atoms with Gasteiger partial charge in [0, 0.05) is 13.0 Å². The summed E-state index contributed by atoms with van der Waals surface area (Å²) in [5.74, 6) is 0.366. The predicted octanol–water partition coefficient (Wildman–Crippen LogP) is 3.65. The van der Waals surface area contributed by atoms with E-state index in [-0.39, 0.29) is 30.4 Å². The van der Waals surface area contributed by atoms with E-state index in [0.29, 0.717) is 19.6 Å². The molecule has 2 atom stereocenters. The van der Waals surface area contributed by atoms with Gasteiger partial charge in [-0.05, 0) is 49.6 Å². The normalized spacial score (nSPS) is 20.9. The van der Waals surface area contributed by atoms with Crippen molar-refractivity contribution in [2.75, 3.05) is 33.4 Å². The molecule has 2 aliphatic rings. The Morgan fingerprint density at radius 1 is 1.09 bits per heavy atom. The molecule has 1 amide bonds. The van der Waals surface area contributed by atoms with Crippen molar-refractivity contribution in [2.45, 2.75) is 32.2 Å². The number of carbonyl (C=O) groups excluding carboxylic acids is 2. The lowest BCUT2D eigenvalue weighted by molar-refractivity contribution is -0.150. The predicted molar refractivity (Wildman–Crippen MR) is 126 cm³/mol. The van der Waals surface area contributed by atoms with Gasteiger partial charge in [0.15, 0.2) is 0 Å². The Morgan fingerprint density at radius 2 is 1.85 bits per heavy atom. The van der Waals surface area contributed by atoms with E-state index in [1.807, 2.05) is 61.5 Å². The van der Waals surface area contributed by atoms with E-state index in [9.17, 15) is 9.59 Å². The molecule has 2 heterocycles. The maximum atomic E-state index is 13.4. The number of amides is 1. The van der Waals surface area contributed by atoms with Gasteiger partial charge in [0.2, 0.25) is 0 Å². The lowest BCUT2D eigenvalue weighted by Gasteiger charge is -2.32. The van der Waals surface area contributed by atoms with Crippen LogP contribution in [-0.4, -0.2) is 60.8 Å². The fourth-order valence-corrected chi connectivity index (χ4v) is 4.55. The van der Waals surface area contributed by atoms with Gasteiger partial charge in [-0.25, -0.2) is 5.01 Å². The van der Waals surface area contributed by atoms with Gasteiger partial charge in [0.05, 0.1) is 37.9 Å². The van der Waals surface area contributed by atoms with Crippen molar-refractivity contribution in [2.24, 2.45) is 11.0 Å². The van der Waals surface area contributed by atoms with E-state index in [1.54, 1.807) is 12.1 Å². The number of hydrogen-bond acceptors (Lipinski definition) is 6. The summed E-state index contributed by atoms with van der Waals surface area (Å²) in [6, 6.07) is 17.6. The van der Waals surface area contributed by atoms with Crippen LogP contribution in [0.2, 0.25) is 0 Å². The van der Waals surface area contributed by atoms with E-state index in [4.69, 9.17) is 14.6 Å². The molecule has 2 unspecified atom stereocenters. The molecule has 1 saturated heterocycles. The van der Waals surface area contributed by atoms with Gasteiger partial charge in [0.25, 0.3) is 5.91 Å². The van der Waals surface area contributed by atoms with Crippen LogP contribution in [-0.2, 0) is 14.3 Å². The van der Waals surface area contributed by atoms with Crippen molar-refractivity contribution in [3.8, 4) is 5.75 Å². The van der Waals surface area contributed by atoms with E-state index in [1.165, 1.54) is 0 Å². The highest BCUT2D eigenvalue weighted by molar-refractivity contribution is 6.03. The third-order valence-corrected chi connectivity index (χ3v) is 6.26. The maximum Gasteiger partial charge on any atom is 0.310 e. The number of methoxy groups -OCH3 is 1. The quantitative estimate of drug-likeness (QED) is 0.604. The van der Waals surface area contributed by atoms with Gasteiger partial charge in [-0.2, -0.15) is 5.10 Å². The highest BCUT2D eigenvalue weighted by atomic mass is 16.5. The first-order chi connectivity index (χ1) is 16.1. The monoisotopic (exact) mass is 449 g/mol. The lowest BCUT2D eigenvalue weighted by atomic mass is 9.97. The number of rotatable bonds is 7. The number of piperidine rings is 1. The Labute approximate surface area is 195 Å². The molecule has 0 spiro atoms. The zero-order chi connectivity index (χ0) is 23.2. The van der Waals surface area contributed by atoms with Crippen LogP contribution in [0.3, 0.4) is 0 Å². The first-order valence-corrected chi connectivity index (χ1v) is 11.6. The van der Waals surface area contributed by atoms with Crippen LogP contribution < -0.4 is 4.74 Å². The Hall–Kier alpha value is -3.19. The van der Waals surface area contributed by atoms with Crippen LogP contribution in [0.1, 0.15) is 43.4 Å². The van der Waals surface area contributed by atoms with E-state index in [0.717, 1.165) is 42.0 Å². The first kappa shape index (κ1) is 23.0. The van der Waals surface area contributed by atoms with Crippen LogP contribution >= 0.6 is 0 Å². The topological polar surface area (TPSA) is 71.4 Å². The molecule has 4 rings (SSSR count). The second kappa shape index (κ2) is 10.6. The minimum atomic E-state index is -0.177. The Bertz CT molecular complexity index is 990. The highest BCUT2D eigenvalue weighted by Gasteiger charge is 2.35. The lowest BCUT2D eigenvalue weighted by Crippen LogP contribution is -2.44. The van der Waals surface area contributed by atoms with Crippen LogP contribution in [0, 0.1) is 5.92 Å². The molecule has 0 N–H and O–H groups in total. The van der Waals surface area contributed by atoms with Gasteiger partial charge >= 0.3 is 5.97 Å². The number of ether oxygens (including phenoxy) is 2. The molecule has 7 nitrogen and oxygen atoms in total. The minimum absolute atomic E-state index is 0.0636. The standard InChI is InChI=1S/C26H31N3O4/c1-3-33-26(31)21-10-7-15-28(17-21)18-25(30)29-24(20-11-13-22(32-2)14-12-20)16-23(27-29)19-8-5-4-6-9-19/h4-6,8-9,11-14,21,24H,3,7,10,15-18H2,1-2H3. The minimum Gasteiger partial charge on any atom is -0.497 e.